The highest BCUT2D eigenvalue weighted by Crippen LogP contribution is 2.39. The zero-order chi connectivity index (χ0) is 21.8. The number of likely N-dealkylation sites (tertiary alicyclic amines) is 1. The summed E-state index contributed by atoms with van der Waals surface area (Å²) in [5, 5.41) is 11.0. The number of nitrogens with one attached hydrogen (secondary N) is 1. The van der Waals surface area contributed by atoms with Gasteiger partial charge in [0.15, 0.2) is 0 Å². The number of amides is 1. The summed E-state index contributed by atoms with van der Waals surface area (Å²) in [6, 6.07) is 13.6. The predicted octanol–water partition coefficient (Wildman–Crippen LogP) is 2.41. The van der Waals surface area contributed by atoms with E-state index in [0.29, 0.717) is 17.9 Å². The van der Waals surface area contributed by atoms with Crippen molar-refractivity contribution in [3.63, 3.8) is 0 Å². The SMILES string of the molecule is COc1ccc(C(O)=C2C(=O)C(=O)N(CCC[NH+](C)C)[C@H]2c2ccc(Br)cc2)cc1. The molecule has 1 heterocycles. The number of hydrogen-bond acceptors (Lipinski definition) is 4. The fourth-order valence-electron chi connectivity index (χ4n) is 3.61. The van der Waals surface area contributed by atoms with Crippen LogP contribution in [0.1, 0.15) is 23.6 Å². The lowest BCUT2D eigenvalue weighted by Gasteiger charge is -2.25. The molecule has 1 saturated heterocycles. The number of methoxy groups -OCH3 is 1. The zero-order valence-electron chi connectivity index (χ0n) is 17.3. The van der Waals surface area contributed by atoms with Gasteiger partial charge in [-0.3, -0.25) is 9.59 Å². The number of hydrogen-bond donors (Lipinski definition) is 2. The van der Waals surface area contributed by atoms with Gasteiger partial charge in [0.1, 0.15) is 11.5 Å². The quantitative estimate of drug-likeness (QED) is 0.368. The Kier molecular flexibility index (Phi) is 6.95. The average molecular weight is 474 g/mol. The minimum absolute atomic E-state index is 0.115. The molecule has 7 heteroatoms. The van der Waals surface area contributed by atoms with E-state index in [0.717, 1.165) is 23.0 Å². The highest BCUT2D eigenvalue weighted by Gasteiger charge is 2.45. The van der Waals surface area contributed by atoms with E-state index in [1.165, 1.54) is 4.90 Å². The molecule has 0 unspecified atom stereocenters. The minimum atomic E-state index is -0.659. The molecule has 3 rings (SSSR count). The van der Waals surface area contributed by atoms with Crippen LogP contribution in [0.4, 0.5) is 0 Å². The molecule has 0 saturated carbocycles. The van der Waals surface area contributed by atoms with Gasteiger partial charge in [-0.1, -0.05) is 28.1 Å². The third kappa shape index (κ3) is 4.57. The van der Waals surface area contributed by atoms with Crippen molar-refractivity contribution in [2.75, 3.05) is 34.3 Å². The number of ketones is 1. The number of aliphatic hydroxyl groups is 1. The molecule has 2 aromatic carbocycles. The van der Waals surface area contributed by atoms with Crippen molar-refractivity contribution in [3.8, 4) is 5.75 Å². The molecular weight excluding hydrogens is 448 g/mol. The van der Waals surface area contributed by atoms with Crippen LogP contribution < -0.4 is 9.64 Å². The van der Waals surface area contributed by atoms with Gasteiger partial charge in [-0.15, -0.1) is 0 Å². The second-order valence-corrected chi connectivity index (χ2v) is 8.50. The van der Waals surface area contributed by atoms with E-state index in [2.05, 4.69) is 15.9 Å². The minimum Gasteiger partial charge on any atom is -0.507 e. The van der Waals surface area contributed by atoms with Crippen molar-refractivity contribution in [1.29, 1.82) is 0 Å². The normalized spacial score (nSPS) is 18.3. The second-order valence-electron chi connectivity index (χ2n) is 7.58. The van der Waals surface area contributed by atoms with Gasteiger partial charge < -0.3 is 19.6 Å². The molecule has 1 amide bonds. The second kappa shape index (κ2) is 9.45. The maximum Gasteiger partial charge on any atom is 0.295 e. The van der Waals surface area contributed by atoms with E-state index < -0.39 is 17.7 Å². The number of quaternary nitrogens is 1. The Balaban J connectivity index is 2.06. The van der Waals surface area contributed by atoms with E-state index in [4.69, 9.17) is 4.74 Å². The monoisotopic (exact) mass is 473 g/mol. The van der Waals surface area contributed by atoms with Gasteiger partial charge >= 0.3 is 0 Å². The predicted molar refractivity (Wildman–Crippen MR) is 118 cm³/mol. The molecular formula is C23H26BrN2O4+. The Labute approximate surface area is 184 Å². The van der Waals surface area contributed by atoms with Crippen LogP contribution in [0.3, 0.4) is 0 Å². The number of ether oxygens (including phenoxy) is 1. The first-order valence-electron chi connectivity index (χ1n) is 9.80. The molecule has 1 atom stereocenters. The van der Waals surface area contributed by atoms with Crippen molar-refractivity contribution in [2.45, 2.75) is 12.5 Å². The summed E-state index contributed by atoms with van der Waals surface area (Å²) in [4.78, 5) is 28.7. The third-order valence-corrected chi connectivity index (χ3v) is 5.69. The number of carbonyl (C=O) groups excluding carboxylic acids is 2. The molecule has 0 spiro atoms. The lowest BCUT2D eigenvalue weighted by Crippen LogP contribution is -3.05. The molecule has 2 N–H and O–H groups in total. The maximum atomic E-state index is 13.0. The molecule has 0 aromatic heterocycles. The molecule has 0 radical (unpaired) electrons. The average Bonchev–Trinajstić information content (AvgIpc) is 2.98. The molecule has 6 nitrogen and oxygen atoms in total. The van der Waals surface area contributed by atoms with Crippen LogP contribution >= 0.6 is 15.9 Å². The van der Waals surface area contributed by atoms with Crippen molar-refractivity contribution in [3.05, 3.63) is 69.7 Å². The number of aliphatic hydroxyl groups excluding tert-OH is 1. The van der Waals surface area contributed by atoms with Gasteiger partial charge in [0.05, 0.1) is 39.4 Å². The molecule has 1 aliphatic heterocycles. The number of rotatable bonds is 7. The summed E-state index contributed by atoms with van der Waals surface area (Å²) in [6.45, 7) is 1.31. The lowest BCUT2D eigenvalue weighted by atomic mass is 9.95. The Morgan fingerprint density at radius 3 is 2.30 bits per heavy atom. The fraction of sp³-hybridized carbons (Fsp3) is 0.304. The molecule has 1 fully saturated rings. The first-order chi connectivity index (χ1) is 14.3. The van der Waals surface area contributed by atoms with E-state index >= 15 is 0 Å². The zero-order valence-corrected chi connectivity index (χ0v) is 18.9. The summed E-state index contributed by atoms with van der Waals surface area (Å²) in [7, 11) is 5.65. The molecule has 0 aliphatic carbocycles. The van der Waals surface area contributed by atoms with Crippen LogP contribution in [0.5, 0.6) is 5.75 Å². The van der Waals surface area contributed by atoms with Gasteiger partial charge in [0.25, 0.3) is 11.7 Å². The fourth-order valence-corrected chi connectivity index (χ4v) is 3.87. The Hall–Kier alpha value is -2.64. The molecule has 0 bridgehead atoms. The summed E-state index contributed by atoms with van der Waals surface area (Å²) in [6.07, 6.45) is 0.755. The molecule has 158 valence electrons. The standard InChI is InChI=1S/C23H25BrN2O4/c1-25(2)13-4-14-26-20(15-5-9-17(24)10-6-15)19(22(28)23(26)29)21(27)16-7-11-18(30-3)12-8-16/h5-12,20,27H,4,13-14H2,1-3H3/p+1/t20-/m0/s1. The molecule has 2 aromatic rings. The maximum absolute atomic E-state index is 13.0. The summed E-state index contributed by atoms with van der Waals surface area (Å²) in [5.74, 6) is -0.771. The van der Waals surface area contributed by atoms with Crippen LogP contribution in [-0.2, 0) is 9.59 Å². The largest absolute Gasteiger partial charge is 0.507 e. The number of Topliss-reactive ketones (excluding diaryl/α,β-unsaturated/α-hetero) is 1. The topological polar surface area (TPSA) is 71.3 Å². The van der Waals surface area contributed by atoms with Crippen molar-refractivity contribution in [2.24, 2.45) is 0 Å². The smallest absolute Gasteiger partial charge is 0.295 e. The summed E-state index contributed by atoms with van der Waals surface area (Å²) < 4.78 is 6.06. The first kappa shape index (κ1) is 22.1. The van der Waals surface area contributed by atoms with Crippen molar-refractivity contribution in [1.82, 2.24) is 4.90 Å². The number of halogens is 1. The van der Waals surface area contributed by atoms with E-state index in [-0.39, 0.29) is 11.3 Å². The highest BCUT2D eigenvalue weighted by atomic mass is 79.9. The van der Waals surface area contributed by atoms with Gasteiger partial charge in [0.2, 0.25) is 0 Å². The first-order valence-corrected chi connectivity index (χ1v) is 10.6. The van der Waals surface area contributed by atoms with Crippen LogP contribution in [0.15, 0.2) is 58.6 Å². The van der Waals surface area contributed by atoms with E-state index in [1.807, 2.05) is 38.4 Å². The summed E-state index contributed by atoms with van der Waals surface area (Å²) in [5.41, 5.74) is 1.36. The number of nitrogens with zero attached hydrogens (tertiary/aromatic N) is 1. The number of benzene rings is 2. The molecule has 1 aliphatic rings. The van der Waals surface area contributed by atoms with Gasteiger partial charge in [-0.25, -0.2) is 0 Å². The highest BCUT2D eigenvalue weighted by molar-refractivity contribution is 9.10. The Bertz CT molecular complexity index is 952. The van der Waals surface area contributed by atoms with Gasteiger partial charge in [0, 0.05) is 23.0 Å². The Morgan fingerprint density at radius 2 is 1.73 bits per heavy atom. The number of carbonyl (C=O) groups is 2. The van der Waals surface area contributed by atoms with E-state index in [9.17, 15) is 14.7 Å². The van der Waals surface area contributed by atoms with E-state index in [1.54, 1.807) is 36.3 Å². The van der Waals surface area contributed by atoms with Crippen molar-refractivity contribution >= 4 is 33.4 Å². The summed E-state index contributed by atoms with van der Waals surface area (Å²) >= 11 is 3.42. The van der Waals surface area contributed by atoms with Gasteiger partial charge in [-0.2, -0.15) is 0 Å². The third-order valence-electron chi connectivity index (χ3n) is 5.16. The van der Waals surface area contributed by atoms with Crippen LogP contribution in [0, 0.1) is 0 Å². The molecule has 30 heavy (non-hydrogen) atoms. The Morgan fingerprint density at radius 1 is 1.10 bits per heavy atom. The van der Waals surface area contributed by atoms with Crippen LogP contribution in [0.2, 0.25) is 0 Å². The van der Waals surface area contributed by atoms with Gasteiger partial charge in [-0.05, 0) is 42.0 Å². The van der Waals surface area contributed by atoms with Crippen LogP contribution in [-0.4, -0.2) is 56.0 Å². The van der Waals surface area contributed by atoms with Crippen LogP contribution in [0.25, 0.3) is 5.76 Å². The lowest BCUT2D eigenvalue weighted by molar-refractivity contribution is -0.858. The van der Waals surface area contributed by atoms with Crippen molar-refractivity contribution < 1.29 is 24.3 Å².